The Morgan fingerprint density at radius 2 is 1.67 bits per heavy atom. The Bertz CT molecular complexity index is 1760. The zero-order valence-corrected chi connectivity index (χ0v) is 24.8. The molecule has 3 saturated heterocycles. The lowest BCUT2D eigenvalue weighted by Gasteiger charge is -2.29. The van der Waals surface area contributed by atoms with Crippen LogP contribution in [0.5, 0.6) is 0 Å². The first-order chi connectivity index (χ1) is 20.4. The predicted octanol–water partition coefficient (Wildman–Crippen LogP) is 1.55. The summed E-state index contributed by atoms with van der Waals surface area (Å²) in [4.78, 5) is 40.8. The summed E-state index contributed by atoms with van der Waals surface area (Å²) in [5.41, 5.74) is 4.39. The zero-order valence-electron chi connectivity index (χ0n) is 21.3. The van der Waals surface area contributed by atoms with E-state index in [9.17, 15) is 19.4 Å². The molecule has 234 valence electrons. The van der Waals surface area contributed by atoms with E-state index in [-0.39, 0.29) is 17.0 Å². The molecule has 0 saturated carbocycles. The molecule has 43 heavy (non-hydrogen) atoms. The number of thiol groups is 2. The highest BCUT2D eigenvalue weighted by Gasteiger charge is 2.54. The number of ether oxygens (including phenoxy) is 2. The van der Waals surface area contributed by atoms with Crippen LogP contribution in [0.15, 0.2) is 39.4 Å². The summed E-state index contributed by atoms with van der Waals surface area (Å²) in [5.74, 6) is 0.0378. The van der Waals surface area contributed by atoms with Crippen molar-refractivity contribution >= 4 is 55.0 Å². The Hall–Kier alpha value is -2.23. The molecule has 3 aromatic rings. The van der Waals surface area contributed by atoms with Gasteiger partial charge in [-0.05, 0) is 0 Å². The number of halogens is 2. The molecule has 6 heterocycles. The number of nitrogens with one attached hydrogen (secondary N) is 1. The van der Waals surface area contributed by atoms with Crippen molar-refractivity contribution in [2.24, 2.45) is 4.91 Å². The average molecular weight is 687 g/mol. The molecule has 3 aliphatic rings. The number of hydrogen-bond donors (Lipinski definition) is 5. The van der Waals surface area contributed by atoms with Gasteiger partial charge in [0, 0.05) is 12.3 Å². The van der Waals surface area contributed by atoms with Crippen molar-refractivity contribution in [2.45, 2.75) is 49.2 Å². The number of H-pyrrole nitrogens is 1. The quantitative estimate of drug-likeness (QED) is 0.146. The van der Waals surface area contributed by atoms with Crippen LogP contribution >= 0.6 is 38.0 Å². The summed E-state index contributed by atoms with van der Waals surface area (Å²) in [6, 6.07) is 0.961. The largest absolute Gasteiger partial charge is 0.386 e. The van der Waals surface area contributed by atoms with Crippen LogP contribution in [0.1, 0.15) is 12.5 Å². The molecule has 3 aliphatic heterocycles. The number of rotatable bonds is 2. The van der Waals surface area contributed by atoms with Crippen molar-refractivity contribution in [1.82, 2.24) is 29.1 Å². The number of nitrogen functional groups attached to an aromatic ring is 1. The number of aromatic amines is 1. The number of nitrogens with two attached hydrogens (primary N) is 1. The van der Waals surface area contributed by atoms with E-state index < -0.39 is 87.2 Å². The van der Waals surface area contributed by atoms with E-state index in [4.69, 9.17) is 33.3 Å². The summed E-state index contributed by atoms with van der Waals surface area (Å²) in [6.45, 7) is -9.79. The van der Waals surface area contributed by atoms with Crippen LogP contribution in [0.2, 0.25) is 0 Å². The number of nitrogens with zero attached hydrogens (tertiary/aromatic N) is 6. The van der Waals surface area contributed by atoms with Gasteiger partial charge < -0.3 is 24.3 Å². The Balaban J connectivity index is 1.30. The van der Waals surface area contributed by atoms with E-state index in [1.807, 2.05) is 4.98 Å². The third-order valence-corrected chi connectivity index (χ3v) is 10.5. The molecule has 3 aromatic heterocycles. The molecule has 0 bridgehead atoms. The van der Waals surface area contributed by atoms with Gasteiger partial charge in [0.25, 0.3) is 12.3 Å². The topological polar surface area (TPSA) is 230 Å². The third-order valence-electron chi connectivity index (χ3n) is 6.76. The van der Waals surface area contributed by atoms with Gasteiger partial charge in [-0.2, -0.15) is 0 Å². The average Bonchev–Trinajstić information content (AvgIpc) is 3.61. The third kappa shape index (κ3) is 5.82. The highest BCUT2D eigenvalue weighted by atomic mass is 32.7. The van der Waals surface area contributed by atoms with E-state index in [1.54, 1.807) is 0 Å². The van der Waals surface area contributed by atoms with Crippen LogP contribution < -0.4 is 17.0 Å². The molecule has 0 aromatic carbocycles. The van der Waals surface area contributed by atoms with E-state index in [0.717, 1.165) is 23.2 Å². The van der Waals surface area contributed by atoms with Crippen molar-refractivity contribution in [3.05, 3.63) is 45.8 Å². The maximum Gasteiger partial charge on any atom is 0.386 e. The summed E-state index contributed by atoms with van der Waals surface area (Å²) >= 11 is 8.12. The van der Waals surface area contributed by atoms with Crippen LogP contribution in [0.3, 0.4) is 0 Å². The van der Waals surface area contributed by atoms with Gasteiger partial charge in [0.05, 0.1) is 19.5 Å². The molecule has 4 N–H and O–H groups in total. The number of imidazole rings is 1. The van der Waals surface area contributed by atoms with Crippen LogP contribution in [0, 0.1) is 0 Å². The van der Waals surface area contributed by atoms with Crippen LogP contribution in [0.4, 0.5) is 14.6 Å². The highest BCUT2D eigenvalue weighted by molar-refractivity contribution is 8.45. The first-order valence-electron chi connectivity index (χ1n) is 12.2. The van der Waals surface area contributed by atoms with Crippen LogP contribution in [-0.2, 0) is 32.1 Å². The summed E-state index contributed by atoms with van der Waals surface area (Å²) in [5, 5.41) is 9.78. The first kappa shape index (κ1) is 30.8. The molecule has 6 rings (SSSR count). The highest BCUT2D eigenvalue weighted by Crippen LogP contribution is 2.62. The molecule has 0 amide bonds. The molecule has 0 spiro atoms. The predicted molar refractivity (Wildman–Crippen MR) is 147 cm³/mol. The normalized spacial score (nSPS) is 38.6. The Morgan fingerprint density at radius 3 is 2.35 bits per heavy atom. The van der Waals surface area contributed by atoms with Gasteiger partial charge in [0.1, 0.15) is 36.3 Å². The van der Waals surface area contributed by atoms with Gasteiger partial charge in [-0.3, -0.25) is 33.2 Å². The molecule has 2 unspecified atom stereocenters. The van der Waals surface area contributed by atoms with E-state index >= 15 is 8.78 Å². The molecule has 10 atom stereocenters. The molecule has 0 aliphatic carbocycles. The lowest BCUT2D eigenvalue weighted by molar-refractivity contribution is -0.0546. The van der Waals surface area contributed by atoms with E-state index in [1.165, 1.54) is 10.9 Å². The lowest BCUT2D eigenvalue weighted by atomic mass is 10.1. The fourth-order valence-electron chi connectivity index (χ4n) is 4.80. The molecular formula is C19H22F2N8O10P2S2. The number of hydrogen-bond acceptors (Lipinski definition) is 14. The summed E-state index contributed by atoms with van der Waals surface area (Å²) in [6.07, 6.45) is -10.1. The van der Waals surface area contributed by atoms with Crippen molar-refractivity contribution in [1.29, 1.82) is 0 Å². The maximum atomic E-state index is 16.0. The number of aromatic nitrogens is 6. The van der Waals surface area contributed by atoms with Crippen LogP contribution in [-0.4, -0.2) is 84.3 Å². The Morgan fingerprint density at radius 1 is 1.02 bits per heavy atom. The first-order valence-corrected chi connectivity index (χ1v) is 17.6. The van der Waals surface area contributed by atoms with Gasteiger partial charge >= 0.3 is 12.5 Å². The van der Waals surface area contributed by atoms with Crippen molar-refractivity contribution < 1.29 is 46.1 Å². The SMILES string of the molecule is Nc1ncnc2c1ncn2[C@@H]1O[C@@H]2COP(=O)(S)O[C@H]3[C@@H](F)[C@H](n4ccc(=O)[nH]c4=O)O[C@@H]3COP(S)(=NO)O[C@H]2[C@H]1F. The lowest BCUT2D eigenvalue weighted by Crippen LogP contribution is -2.37. The second kappa shape index (κ2) is 11.6. The summed E-state index contributed by atoms with van der Waals surface area (Å²) in [7, 11) is 0. The minimum Gasteiger partial charge on any atom is -0.382 e. The molecule has 0 radical (unpaired) electrons. The minimum atomic E-state index is -4.44. The Kier molecular flexibility index (Phi) is 8.31. The van der Waals surface area contributed by atoms with Gasteiger partial charge in [-0.15, -0.1) is 0 Å². The number of fused-ring (bicyclic) bond motifs is 3. The molecular weight excluding hydrogens is 664 g/mol. The van der Waals surface area contributed by atoms with Crippen molar-refractivity contribution in [3.63, 3.8) is 0 Å². The second-order valence-corrected chi connectivity index (χ2v) is 15.4. The van der Waals surface area contributed by atoms with Gasteiger partial charge in [0.2, 0.25) is 0 Å². The molecule has 3 fully saturated rings. The molecule has 24 heteroatoms. The van der Waals surface area contributed by atoms with Gasteiger partial charge in [0.15, 0.2) is 36.3 Å². The number of alkyl halides is 2. The monoisotopic (exact) mass is 686 g/mol. The summed E-state index contributed by atoms with van der Waals surface area (Å²) < 4.78 is 80.4. The molecule has 18 nitrogen and oxygen atoms in total. The van der Waals surface area contributed by atoms with Crippen molar-refractivity contribution in [3.8, 4) is 0 Å². The minimum absolute atomic E-state index is 0.0378. The van der Waals surface area contributed by atoms with E-state index in [0.29, 0.717) is 0 Å². The fourth-order valence-corrected chi connectivity index (χ4v) is 7.87. The maximum absolute atomic E-state index is 16.0. The fraction of sp³-hybridized carbons (Fsp3) is 0.526. The van der Waals surface area contributed by atoms with Gasteiger partial charge in [-0.25, -0.2) is 33.1 Å². The Labute approximate surface area is 248 Å². The number of anilines is 1. The van der Waals surface area contributed by atoms with Crippen LogP contribution in [0.25, 0.3) is 11.2 Å². The smallest absolute Gasteiger partial charge is 0.382 e. The van der Waals surface area contributed by atoms with E-state index in [2.05, 4.69) is 44.4 Å². The van der Waals surface area contributed by atoms with Gasteiger partial charge in [-0.1, -0.05) is 29.4 Å². The zero-order chi connectivity index (χ0) is 30.7. The standard InChI is InChI=1S/C19H22F2N8O10P2S2/c20-10-13-8(37-18(10)29-6-25-12-15(22)23-5-24-16(12)29)4-35-41(33,43)39-14-7(3-34-40(42,27-32)38-13)36-17(11(14)21)28-2-1-9(30)26-19(28)31/h1-2,5-8,10-11,13-14,17-18,32,42H,3-4H2,(H,33,43)(H2,22,23,24)(H,26,30,31)/t7-,8-,10-,11-,13-,14-,17-,18-,40?,41?/m1/s1. The second-order valence-electron chi connectivity index (χ2n) is 9.40. The van der Waals surface area contributed by atoms with Crippen molar-refractivity contribution in [2.75, 3.05) is 18.9 Å².